The molecule has 32 heavy (non-hydrogen) atoms. The number of hydrogen-bond donors (Lipinski definition) is 2. The second-order valence-electron chi connectivity index (χ2n) is 10.2. The summed E-state index contributed by atoms with van der Waals surface area (Å²) >= 11 is 0. The van der Waals surface area contributed by atoms with E-state index in [1.54, 1.807) is 0 Å². The first-order valence-corrected chi connectivity index (χ1v) is 10.9. The summed E-state index contributed by atoms with van der Waals surface area (Å²) in [6.07, 6.45) is 3.51. The van der Waals surface area contributed by atoms with Crippen molar-refractivity contribution in [2.24, 2.45) is 0 Å². The molecule has 0 bridgehead atoms. The molecule has 1 heterocycles. The molecule has 0 aliphatic heterocycles. The maximum Gasteiger partial charge on any atom is 0.328 e. The summed E-state index contributed by atoms with van der Waals surface area (Å²) in [7, 11) is 1.47. The molecule has 0 saturated heterocycles. The zero-order valence-electron chi connectivity index (χ0n) is 19.6. The Balaban J connectivity index is 1.90. The van der Waals surface area contributed by atoms with Gasteiger partial charge in [0, 0.05) is 5.56 Å². The number of aromatic nitrogens is 2. The number of nitrogens with zero attached hydrogens (tertiary/aromatic N) is 1. The van der Waals surface area contributed by atoms with E-state index in [4.69, 9.17) is 4.74 Å². The predicted octanol–water partition coefficient (Wildman–Crippen LogP) is 5.40. The number of aryl methyl sites for hydroxylation is 1. The van der Waals surface area contributed by atoms with Crippen LogP contribution in [0.1, 0.15) is 62.8 Å². The molecule has 5 nitrogen and oxygen atoms in total. The average molecular weight is 439 g/mol. The van der Waals surface area contributed by atoms with Gasteiger partial charge in [-0.15, -0.1) is 0 Å². The summed E-state index contributed by atoms with van der Waals surface area (Å²) in [6.45, 7) is 11.3. The van der Waals surface area contributed by atoms with E-state index >= 15 is 4.39 Å². The molecule has 0 radical (unpaired) electrons. The Morgan fingerprint density at radius 3 is 2.25 bits per heavy atom. The Kier molecular flexibility index (Phi) is 5.23. The van der Waals surface area contributed by atoms with Crippen molar-refractivity contribution in [3.63, 3.8) is 0 Å². The molecule has 1 aliphatic carbocycles. The van der Waals surface area contributed by atoms with Crippen LogP contribution in [0.4, 0.5) is 4.39 Å². The van der Waals surface area contributed by atoms with Crippen molar-refractivity contribution in [3.8, 4) is 22.8 Å². The molecule has 0 spiro atoms. The maximum absolute atomic E-state index is 15.1. The molecule has 1 aromatic heterocycles. The number of aromatic amines is 1. The molecule has 0 amide bonds. The lowest BCUT2D eigenvalue weighted by Crippen LogP contribution is -2.34. The van der Waals surface area contributed by atoms with Crippen LogP contribution in [0.25, 0.3) is 11.1 Å². The highest BCUT2D eigenvalue weighted by molar-refractivity contribution is 5.76. The fourth-order valence-corrected chi connectivity index (χ4v) is 4.89. The van der Waals surface area contributed by atoms with Crippen LogP contribution in [0, 0.1) is 12.7 Å². The second-order valence-corrected chi connectivity index (χ2v) is 10.2. The van der Waals surface area contributed by atoms with Crippen LogP contribution < -0.4 is 10.4 Å². The smallest absolute Gasteiger partial charge is 0.328 e. The Morgan fingerprint density at radius 2 is 1.69 bits per heavy atom. The third-order valence-electron chi connectivity index (χ3n) is 6.92. The standard InChI is InChI=1S/C26H31FN2O3/c1-15-9-19-20(26(4,5)8-7-25(19,2)3)12-17(15)18-10-16(11-21(27)23(18)32-6)13-29-14-22(30)28-24(29)31/h9-12,14,30H,7-8,13H2,1-6H3,(H,28,31). The molecular weight excluding hydrogens is 407 g/mol. The van der Waals surface area contributed by atoms with Crippen LogP contribution in [-0.2, 0) is 17.4 Å². The van der Waals surface area contributed by atoms with Crippen LogP contribution in [-0.4, -0.2) is 21.8 Å². The van der Waals surface area contributed by atoms with Crippen molar-refractivity contribution in [1.82, 2.24) is 9.55 Å². The van der Waals surface area contributed by atoms with Gasteiger partial charge in [0.05, 0.1) is 19.9 Å². The van der Waals surface area contributed by atoms with E-state index in [1.165, 1.54) is 35.1 Å². The predicted molar refractivity (Wildman–Crippen MR) is 124 cm³/mol. The molecule has 0 atom stereocenters. The van der Waals surface area contributed by atoms with Gasteiger partial charge in [-0.2, -0.15) is 0 Å². The largest absolute Gasteiger partial charge is 0.493 e. The van der Waals surface area contributed by atoms with Crippen molar-refractivity contribution < 1.29 is 14.2 Å². The molecule has 0 fully saturated rings. The topological polar surface area (TPSA) is 67.2 Å². The lowest BCUT2D eigenvalue weighted by atomic mass is 9.62. The third kappa shape index (κ3) is 3.72. The Labute approximate surface area is 187 Å². The van der Waals surface area contributed by atoms with Gasteiger partial charge in [-0.05, 0) is 76.6 Å². The average Bonchev–Trinajstić information content (AvgIpc) is 3.01. The van der Waals surface area contributed by atoms with Gasteiger partial charge >= 0.3 is 5.69 Å². The first-order valence-electron chi connectivity index (χ1n) is 10.9. The first kappa shape index (κ1) is 22.2. The fraction of sp³-hybridized carbons (Fsp3) is 0.423. The van der Waals surface area contributed by atoms with Crippen molar-refractivity contribution >= 4 is 0 Å². The summed E-state index contributed by atoms with van der Waals surface area (Å²) in [4.78, 5) is 14.3. The zero-order chi connectivity index (χ0) is 23.4. The van der Waals surface area contributed by atoms with Crippen LogP contribution in [0.15, 0.2) is 35.3 Å². The number of benzene rings is 2. The van der Waals surface area contributed by atoms with Gasteiger partial charge in [0.25, 0.3) is 0 Å². The van der Waals surface area contributed by atoms with Crippen LogP contribution in [0.2, 0.25) is 0 Å². The van der Waals surface area contributed by atoms with E-state index in [-0.39, 0.29) is 29.0 Å². The van der Waals surface area contributed by atoms with E-state index in [2.05, 4.69) is 44.8 Å². The summed E-state index contributed by atoms with van der Waals surface area (Å²) in [6, 6.07) is 7.68. The number of H-pyrrole nitrogens is 1. The van der Waals surface area contributed by atoms with E-state index in [9.17, 15) is 9.90 Å². The summed E-state index contributed by atoms with van der Waals surface area (Å²) in [5.74, 6) is -0.516. The molecule has 1 aliphatic rings. The lowest BCUT2D eigenvalue weighted by molar-refractivity contribution is 0.332. The van der Waals surface area contributed by atoms with Gasteiger partial charge in [-0.1, -0.05) is 33.8 Å². The normalized spacial score (nSPS) is 16.6. The molecule has 0 saturated carbocycles. The number of ether oxygens (including phenoxy) is 1. The quantitative estimate of drug-likeness (QED) is 0.573. The van der Waals surface area contributed by atoms with Crippen molar-refractivity contribution in [3.05, 3.63) is 69.0 Å². The first-order chi connectivity index (χ1) is 14.9. The molecule has 2 aromatic carbocycles. The highest BCUT2D eigenvalue weighted by Gasteiger charge is 2.37. The van der Waals surface area contributed by atoms with Gasteiger partial charge in [0.1, 0.15) is 0 Å². The molecule has 2 N–H and O–H groups in total. The van der Waals surface area contributed by atoms with Crippen molar-refractivity contribution in [1.29, 1.82) is 0 Å². The monoisotopic (exact) mass is 438 g/mol. The molecule has 170 valence electrons. The third-order valence-corrected chi connectivity index (χ3v) is 6.92. The highest BCUT2D eigenvalue weighted by atomic mass is 19.1. The Hall–Kier alpha value is -3.02. The fourth-order valence-electron chi connectivity index (χ4n) is 4.89. The SMILES string of the molecule is COc1c(F)cc(Cn2cc(O)[nH]c2=O)cc1-c1cc2c(cc1C)C(C)(C)CCC2(C)C. The minimum Gasteiger partial charge on any atom is -0.493 e. The molecule has 3 aromatic rings. The van der Waals surface area contributed by atoms with Gasteiger partial charge in [0.2, 0.25) is 5.88 Å². The Bertz CT molecular complexity index is 1250. The summed E-state index contributed by atoms with van der Waals surface area (Å²) in [5, 5.41) is 9.55. The second kappa shape index (κ2) is 7.54. The van der Waals surface area contributed by atoms with E-state index in [0.717, 1.165) is 24.0 Å². The molecule has 0 unspecified atom stereocenters. The minimum absolute atomic E-state index is 0.0205. The number of imidazole rings is 1. The van der Waals surface area contributed by atoms with E-state index in [0.29, 0.717) is 11.1 Å². The number of hydrogen-bond acceptors (Lipinski definition) is 3. The number of fused-ring (bicyclic) bond motifs is 1. The summed E-state index contributed by atoms with van der Waals surface area (Å²) < 4.78 is 21.9. The number of halogens is 1. The van der Waals surface area contributed by atoms with E-state index < -0.39 is 11.5 Å². The van der Waals surface area contributed by atoms with Crippen LogP contribution in [0.3, 0.4) is 0 Å². The van der Waals surface area contributed by atoms with Crippen LogP contribution >= 0.6 is 0 Å². The molecule has 4 rings (SSSR count). The number of nitrogens with one attached hydrogen (secondary N) is 1. The maximum atomic E-state index is 15.1. The number of methoxy groups -OCH3 is 1. The minimum atomic E-state index is -0.482. The van der Waals surface area contributed by atoms with Gasteiger partial charge in [-0.3, -0.25) is 9.55 Å². The number of aromatic hydroxyl groups is 1. The van der Waals surface area contributed by atoms with E-state index in [1.807, 2.05) is 13.0 Å². The van der Waals surface area contributed by atoms with Gasteiger partial charge < -0.3 is 9.84 Å². The molecular formula is C26H31FN2O3. The lowest BCUT2D eigenvalue weighted by Gasteiger charge is -2.42. The molecule has 6 heteroatoms. The zero-order valence-corrected chi connectivity index (χ0v) is 19.6. The van der Waals surface area contributed by atoms with Crippen molar-refractivity contribution in [2.45, 2.75) is 64.8 Å². The Morgan fingerprint density at radius 1 is 1.06 bits per heavy atom. The number of rotatable bonds is 4. The van der Waals surface area contributed by atoms with Gasteiger partial charge in [-0.25, -0.2) is 9.18 Å². The van der Waals surface area contributed by atoms with Gasteiger partial charge in [0.15, 0.2) is 11.6 Å². The van der Waals surface area contributed by atoms with Crippen LogP contribution in [0.5, 0.6) is 11.6 Å². The summed E-state index contributed by atoms with van der Waals surface area (Å²) in [5.41, 5.74) is 5.54. The highest BCUT2D eigenvalue weighted by Crippen LogP contribution is 2.48. The van der Waals surface area contributed by atoms with Crippen molar-refractivity contribution in [2.75, 3.05) is 7.11 Å².